The zero-order chi connectivity index (χ0) is 20.9. The Bertz CT molecular complexity index is 1140. The van der Waals surface area contributed by atoms with Crippen molar-refractivity contribution in [1.29, 1.82) is 0 Å². The van der Waals surface area contributed by atoms with Crippen LogP contribution in [0.1, 0.15) is 12.6 Å². The number of nitrogens with zero attached hydrogens (tertiary/aromatic N) is 2. The first-order valence-corrected chi connectivity index (χ1v) is 13.3. The van der Waals surface area contributed by atoms with E-state index in [1.165, 1.54) is 0 Å². The SMILES string of the molecule is O=c1[nH]cnc2c1[nH]c(=O)n2[C@H]1C[C@H](O)[C@@H](COP(=O)(O)P(=O)(O)[P+](=O)O)O1. The molecule has 1 aliphatic rings. The molecule has 6 N–H and O–H groups in total. The lowest BCUT2D eigenvalue weighted by Crippen LogP contribution is -2.26. The number of hydrogen-bond donors (Lipinski definition) is 6. The summed E-state index contributed by atoms with van der Waals surface area (Å²) in [5.74, 6) is 0. The van der Waals surface area contributed by atoms with Crippen LogP contribution in [0.5, 0.6) is 0 Å². The number of ether oxygens (including phenoxy) is 1. The minimum atomic E-state index is -5.45. The fourth-order valence-corrected chi connectivity index (χ4v) is 6.70. The molecule has 3 heterocycles. The number of hydrogen-bond acceptors (Lipinski definition) is 9. The summed E-state index contributed by atoms with van der Waals surface area (Å²) in [6.07, 6.45) is -2.92. The molecule has 0 bridgehead atoms. The number of H-pyrrole nitrogens is 2. The van der Waals surface area contributed by atoms with Gasteiger partial charge in [0.2, 0.25) is 0 Å². The zero-order valence-electron chi connectivity index (χ0n) is 13.6. The molecule has 2 aromatic heterocycles. The highest BCUT2D eigenvalue weighted by molar-refractivity contribution is 8.57. The summed E-state index contributed by atoms with van der Waals surface area (Å²) in [6.45, 7) is -6.33. The molecule has 1 aliphatic heterocycles. The van der Waals surface area contributed by atoms with Gasteiger partial charge < -0.3 is 19.7 Å². The van der Waals surface area contributed by atoms with Crippen LogP contribution in [-0.2, 0) is 23.0 Å². The van der Waals surface area contributed by atoms with Crippen molar-refractivity contribution in [3.05, 3.63) is 27.2 Å². The molecule has 0 spiro atoms. The molecule has 1 saturated heterocycles. The highest BCUT2D eigenvalue weighted by Crippen LogP contribution is 2.88. The lowest BCUT2D eigenvalue weighted by Gasteiger charge is -2.17. The van der Waals surface area contributed by atoms with Crippen molar-refractivity contribution >= 4 is 32.9 Å². The van der Waals surface area contributed by atoms with Gasteiger partial charge >= 0.3 is 27.4 Å². The molecule has 18 heteroatoms. The van der Waals surface area contributed by atoms with Crippen LogP contribution in [0, 0.1) is 0 Å². The monoisotopic (exact) mass is 459 g/mol. The van der Waals surface area contributed by atoms with Crippen molar-refractivity contribution in [3.63, 3.8) is 0 Å². The Labute approximate surface area is 154 Å². The van der Waals surface area contributed by atoms with E-state index in [0.717, 1.165) is 10.9 Å². The second-order valence-electron chi connectivity index (χ2n) is 5.72. The third-order valence-corrected chi connectivity index (χ3v) is 12.6. The summed E-state index contributed by atoms with van der Waals surface area (Å²) in [4.78, 5) is 59.6. The molecule has 28 heavy (non-hydrogen) atoms. The number of aromatic nitrogens is 4. The molecular formula is C10H14N4O11P3+. The molecule has 0 amide bonds. The van der Waals surface area contributed by atoms with E-state index in [2.05, 4.69) is 19.5 Å². The van der Waals surface area contributed by atoms with Gasteiger partial charge in [0.1, 0.15) is 12.3 Å². The molecule has 6 atom stereocenters. The first-order valence-electron chi connectivity index (χ1n) is 7.44. The average Bonchev–Trinajstić information content (AvgIpc) is 3.12. The second kappa shape index (κ2) is 7.38. The Morgan fingerprint density at radius 2 is 2.07 bits per heavy atom. The van der Waals surface area contributed by atoms with Crippen LogP contribution < -0.4 is 11.2 Å². The third kappa shape index (κ3) is 3.57. The van der Waals surface area contributed by atoms with Crippen molar-refractivity contribution in [2.75, 3.05) is 6.61 Å². The molecule has 15 nitrogen and oxygen atoms in total. The van der Waals surface area contributed by atoms with Gasteiger partial charge in [-0.05, 0) is 4.57 Å². The van der Waals surface area contributed by atoms with E-state index in [4.69, 9.17) is 9.63 Å². The predicted molar refractivity (Wildman–Crippen MR) is 90.9 cm³/mol. The quantitative estimate of drug-likeness (QED) is 0.288. The third-order valence-electron chi connectivity index (χ3n) is 3.96. The second-order valence-corrected chi connectivity index (χ2v) is 15.2. The summed E-state index contributed by atoms with van der Waals surface area (Å²) in [6, 6.07) is 0. The summed E-state index contributed by atoms with van der Waals surface area (Å²) < 4.78 is 44.8. The van der Waals surface area contributed by atoms with E-state index in [0.29, 0.717) is 0 Å². The van der Waals surface area contributed by atoms with Gasteiger partial charge in [-0.1, -0.05) is 0 Å². The smallest absolute Gasteiger partial charge is 0.390 e. The number of aliphatic hydroxyl groups excluding tert-OH is 1. The Balaban J connectivity index is 1.80. The van der Waals surface area contributed by atoms with Gasteiger partial charge in [0.25, 0.3) is 5.56 Å². The van der Waals surface area contributed by atoms with E-state index in [1.54, 1.807) is 0 Å². The molecule has 0 radical (unpaired) electrons. The summed E-state index contributed by atoms with van der Waals surface area (Å²) in [7, 11) is -9.31. The van der Waals surface area contributed by atoms with Crippen molar-refractivity contribution in [3.8, 4) is 0 Å². The normalized spacial score (nSPS) is 27.4. The van der Waals surface area contributed by atoms with Crippen molar-refractivity contribution < 1.29 is 42.7 Å². The van der Waals surface area contributed by atoms with Crippen LogP contribution in [0.25, 0.3) is 11.2 Å². The summed E-state index contributed by atoms with van der Waals surface area (Å²) in [5.41, 5.74) is -1.56. The standard InChI is InChI=1S/C10H13N4O11P3/c15-4-1-6(14-8-7(13-10(14)17)9(16)12-3-11-8)25-5(4)2-24-27(20,21)28(22,23)26(18)19/h3-6,15H,1-2H2,(H4-,11,12,13,16,17,18,19,20,21,22,23)/p+1/t4-,5+,6+/m0/s1. The van der Waals surface area contributed by atoms with Crippen molar-refractivity contribution in [2.45, 2.75) is 24.9 Å². The molecule has 0 saturated carbocycles. The number of imidazole rings is 1. The lowest BCUT2D eigenvalue weighted by molar-refractivity contribution is -0.0399. The fourth-order valence-electron chi connectivity index (χ4n) is 2.58. The predicted octanol–water partition coefficient (Wildman–Crippen LogP) is -0.902. The van der Waals surface area contributed by atoms with Crippen LogP contribution in [0.15, 0.2) is 15.9 Å². The van der Waals surface area contributed by atoms with Gasteiger partial charge in [-0.25, -0.2) is 23.5 Å². The van der Waals surface area contributed by atoms with E-state index in [9.17, 15) is 38.2 Å². The minimum absolute atomic E-state index is 0.0579. The first kappa shape index (κ1) is 21.2. The Hall–Kier alpha value is -1.53. The molecule has 3 unspecified atom stereocenters. The first-order chi connectivity index (χ1) is 13.0. The molecular weight excluding hydrogens is 445 g/mol. The Morgan fingerprint density at radius 3 is 2.71 bits per heavy atom. The highest BCUT2D eigenvalue weighted by atomic mass is 32.5. The number of nitrogens with one attached hydrogen (secondary N) is 2. The number of rotatable bonds is 6. The van der Waals surface area contributed by atoms with E-state index < -0.39 is 58.0 Å². The Morgan fingerprint density at radius 1 is 1.39 bits per heavy atom. The fraction of sp³-hybridized carbons (Fsp3) is 0.500. The van der Waals surface area contributed by atoms with Crippen LogP contribution >= 0.6 is 21.7 Å². The number of aliphatic hydroxyl groups is 1. The van der Waals surface area contributed by atoms with Gasteiger partial charge in [-0.2, -0.15) is 4.89 Å². The van der Waals surface area contributed by atoms with E-state index in [-0.39, 0.29) is 17.6 Å². The van der Waals surface area contributed by atoms with Crippen molar-refractivity contribution in [2.24, 2.45) is 0 Å². The largest absolute Gasteiger partial charge is 0.600 e. The molecule has 0 aromatic carbocycles. The molecule has 154 valence electrons. The lowest BCUT2D eigenvalue weighted by atomic mass is 10.2. The Kier molecular flexibility index (Phi) is 5.58. The molecule has 3 rings (SSSR count). The van der Waals surface area contributed by atoms with Crippen LogP contribution in [0.2, 0.25) is 0 Å². The van der Waals surface area contributed by atoms with Gasteiger partial charge in [0.15, 0.2) is 11.2 Å². The van der Waals surface area contributed by atoms with Gasteiger partial charge in [0.05, 0.1) is 19.0 Å². The maximum atomic E-state index is 12.1. The van der Waals surface area contributed by atoms with Crippen LogP contribution in [0.3, 0.4) is 0 Å². The summed E-state index contributed by atoms with van der Waals surface area (Å²) in [5, 5.41) is 10.1. The maximum absolute atomic E-state index is 12.1. The highest BCUT2D eigenvalue weighted by Gasteiger charge is 2.61. The zero-order valence-corrected chi connectivity index (χ0v) is 16.3. The minimum Gasteiger partial charge on any atom is -0.390 e. The summed E-state index contributed by atoms with van der Waals surface area (Å²) >= 11 is 0. The van der Waals surface area contributed by atoms with E-state index >= 15 is 0 Å². The van der Waals surface area contributed by atoms with Crippen molar-refractivity contribution in [1.82, 2.24) is 19.5 Å². The van der Waals surface area contributed by atoms with Gasteiger partial charge in [-0.3, -0.25) is 19.2 Å². The maximum Gasteiger partial charge on any atom is 0.600 e. The van der Waals surface area contributed by atoms with Gasteiger partial charge in [0, 0.05) is 6.42 Å². The average molecular weight is 459 g/mol. The number of fused-ring (bicyclic) bond motifs is 1. The van der Waals surface area contributed by atoms with Gasteiger partial charge in [-0.15, -0.1) is 0 Å². The molecule has 0 aliphatic carbocycles. The van der Waals surface area contributed by atoms with E-state index in [1.807, 2.05) is 0 Å². The van der Waals surface area contributed by atoms with Crippen LogP contribution in [-0.4, -0.2) is 58.1 Å². The molecule has 1 fully saturated rings. The van der Waals surface area contributed by atoms with Crippen LogP contribution in [0.4, 0.5) is 0 Å². The molecule has 2 aromatic rings. The number of aromatic amines is 2. The topological polar surface area (TPSA) is 234 Å².